The Hall–Kier alpha value is -1.83. The molecule has 2 N–H and O–H groups in total. The number of urea groups is 1. The Bertz CT molecular complexity index is 497. The van der Waals surface area contributed by atoms with E-state index in [2.05, 4.69) is 15.4 Å². The Labute approximate surface area is 131 Å². The lowest BCUT2D eigenvalue weighted by atomic mass is 10.2. The maximum atomic E-state index is 12.0. The van der Waals surface area contributed by atoms with E-state index in [0.717, 1.165) is 5.56 Å². The number of thioether (sulfide) groups is 1. The Morgan fingerprint density at radius 3 is 2.45 bits per heavy atom. The minimum absolute atomic E-state index is 0.0911. The average Bonchev–Trinajstić information content (AvgIpc) is 2.47. The van der Waals surface area contributed by atoms with Crippen molar-refractivity contribution < 1.29 is 23.1 Å². The van der Waals surface area contributed by atoms with Crippen LogP contribution in [0.3, 0.4) is 0 Å². The quantitative estimate of drug-likeness (QED) is 0.806. The normalized spacial score (nSPS) is 11.9. The zero-order valence-electron chi connectivity index (χ0n) is 12.3. The molecule has 0 spiro atoms. The van der Waals surface area contributed by atoms with Crippen molar-refractivity contribution in [3.8, 4) is 5.75 Å². The highest BCUT2D eigenvalue weighted by Gasteiger charge is 2.10. The molecule has 5 nitrogen and oxygen atoms in total. The molecule has 1 rings (SSSR count). The number of nitrogens with one attached hydrogen (secondary N) is 2. The minimum Gasteiger partial charge on any atom is -0.435 e. The molecule has 0 heterocycles. The predicted octanol–water partition coefficient (Wildman–Crippen LogP) is 2.93. The molecule has 8 heteroatoms. The van der Waals surface area contributed by atoms with E-state index in [-0.39, 0.29) is 23.3 Å². The Balaban J connectivity index is 2.37. The number of amides is 3. The van der Waals surface area contributed by atoms with Gasteiger partial charge in [-0.3, -0.25) is 10.1 Å². The summed E-state index contributed by atoms with van der Waals surface area (Å²) < 4.78 is 28.4. The smallest absolute Gasteiger partial charge is 0.387 e. The third-order valence-corrected chi connectivity index (χ3v) is 3.96. The van der Waals surface area contributed by atoms with Crippen LogP contribution in [0.1, 0.15) is 24.2 Å². The highest BCUT2D eigenvalue weighted by Crippen LogP contribution is 2.29. The van der Waals surface area contributed by atoms with E-state index >= 15 is 0 Å². The van der Waals surface area contributed by atoms with Gasteiger partial charge in [-0.25, -0.2) is 4.79 Å². The zero-order chi connectivity index (χ0) is 16.5. The lowest BCUT2D eigenvalue weighted by Crippen LogP contribution is -2.37. The van der Waals surface area contributed by atoms with Crippen molar-refractivity contribution in [3.63, 3.8) is 0 Å². The van der Waals surface area contributed by atoms with Gasteiger partial charge in [0.25, 0.3) is 0 Å². The van der Waals surface area contributed by atoms with Gasteiger partial charge in [-0.15, -0.1) is 0 Å². The number of rotatable bonds is 7. The van der Waals surface area contributed by atoms with Crippen LogP contribution in [0, 0.1) is 0 Å². The molecule has 122 valence electrons. The molecule has 0 aliphatic carbocycles. The summed E-state index contributed by atoms with van der Waals surface area (Å²) in [5.41, 5.74) is 0.943. The number of hydrogen-bond acceptors (Lipinski definition) is 4. The lowest BCUT2D eigenvalue weighted by molar-refractivity contribution is -0.119. The first-order chi connectivity index (χ1) is 10.4. The zero-order valence-corrected chi connectivity index (χ0v) is 13.1. The standard InChI is InChI=1S/C14H18F2N2O3S/c1-9(22-8-7-12(19)18-14(20)17-2)10-3-5-11(6-4-10)21-13(15)16/h3-6,9,13H,7-8H2,1-2H3,(H2,17,18,19,20)/t9-/m0/s1. The minimum atomic E-state index is -2.84. The molecule has 1 atom stereocenters. The molecular weight excluding hydrogens is 314 g/mol. The number of carbonyl (C=O) groups is 2. The number of ether oxygens (including phenoxy) is 1. The number of alkyl halides is 2. The first-order valence-electron chi connectivity index (χ1n) is 6.60. The van der Waals surface area contributed by atoms with Crippen LogP contribution in [0.15, 0.2) is 24.3 Å². The first kappa shape index (κ1) is 18.2. The van der Waals surface area contributed by atoms with Crippen LogP contribution < -0.4 is 15.4 Å². The molecule has 3 amide bonds. The summed E-state index contributed by atoms with van der Waals surface area (Å²) in [5, 5.41) is 4.57. The number of imide groups is 1. The van der Waals surface area contributed by atoms with E-state index in [1.807, 2.05) is 6.92 Å². The van der Waals surface area contributed by atoms with Gasteiger partial charge in [0.15, 0.2) is 0 Å². The van der Waals surface area contributed by atoms with E-state index in [1.165, 1.54) is 30.9 Å². The maximum Gasteiger partial charge on any atom is 0.387 e. The summed E-state index contributed by atoms with van der Waals surface area (Å²) >= 11 is 1.53. The van der Waals surface area contributed by atoms with E-state index in [4.69, 9.17) is 0 Å². The molecule has 1 aromatic carbocycles. The largest absolute Gasteiger partial charge is 0.435 e. The van der Waals surface area contributed by atoms with Gasteiger partial charge >= 0.3 is 12.6 Å². The van der Waals surface area contributed by atoms with Crippen LogP contribution in [0.4, 0.5) is 13.6 Å². The molecule has 0 bridgehead atoms. The number of benzene rings is 1. The third-order valence-electron chi connectivity index (χ3n) is 2.75. The van der Waals surface area contributed by atoms with Crippen molar-refractivity contribution in [1.82, 2.24) is 10.6 Å². The van der Waals surface area contributed by atoms with Crippen molar-refractivity contribution >= 4 is 23.7 Å². The van der Waals surface area contributed by atoms with E-state index < -0.39 is 12.6 Å². The van der Waals surface area contributed by atoms with Crippen molar-refractivity contribution in [3.05, 3.63) is 29.8 Å². The molecule has 0 unspecified atom stereocenters. The van der Waals surface area contributed by atoms with Crippen LogP contribution in [-0.4, -0.2) is 31.4 Å². The lowest BCUT2D eigenvalue weighted by Gasteiger charge is -2.12. The number of hydrogen-bond donors (Lipinski definition) is 2. The highest BCUT2D eigenvalue weighted by molar-refractivity contribution is 7.99. The topological polar surface area (TPSA) is 67.4 Å². The fourth-order valence-corrected chi connectivity index (χ4v) is 2.60. The van der Waals surface area contributed by atoms with Crippen LogP contribution in [-0.2, 0) is 4.79 Å². The SMILES string of the molecule is CNC(=O)NC(=O)CCS[C@@H](C)c1ccc(OC(F)F)cc1. The van der Waals surface area contributed by atoms with Gasteiger partial charge in [0.1, 0.15) is 5.75 Å². The molecule has 22 heavy (non-hydrogen) atoms. The fraction of sp³-hybridized carbons (Fsp3) is 0.429. The van der Waals surface area contributed by atoms with E-state index in [9.17, 15) is 18.4 Å². The Morgan fingerprint density at radius 2 is 1.91 bits per heavy atom. The van der Waals surface area contributed by atoms with Crippen LogP contribution in [0.2, 0.25) is 0 Å². The second-order valence-corrected chi connectivity index (χ2v) is 5.79. The highest BCUT2D eigenvalue weighted by atomic mass is 32.2. The van der Waals surface area contributed by atoms with Crippen LogP contribution >= 0.6 is 11.8 Å². The van der Waals surface area contributed by atoms with Crippen molar-refractivity contribution in [2.24, 2.45) is 0 Å². The van der Waals surface area contributed by atoms with Gasteiger partial charge in [-0.05, 0) is 24.6 Å². The molecule has 0 aromatic heterocycles. The Morgan fingerprint density at radius 1 is 1.27 bits per heavy atom. The van der Waals surface area contributed by atoms with Gasteiger partial charge in [0.2, 0.25) is 5.91 Å². The van der Waals surface area contributed by atoms with Crippen molar-refractivity contribution in [2.75, 3.05) is 12.8 Å². The summed E-state index contributed by atoms with van der Waals surface area (Å²) in [7, 11) is 1.43. The molecule has 0 fully saturated rings. The van der Waals surface area contributed by atoms with E-state index in [1.54, 1.807) is 12.1 Å². The van der Waals surface area contributed by atoms with Crippen LogP contribution in [0.25, 0.3) is 0 Å². The first-order valence-corrected chi connectivity index (χ1v) is 7.65. The van der Waals surface area contributed by atoms with Gasteiger partial charge in [-0.2, -0.15) is 20.5 Å². The summed E-state index contributed by atoms with van der Waals surface area (Å²) in [5.74, 6) is 0.305. The molecule has 0 saturated heterocycles. The molecule has 1 aromatic rings. The average molecular weight is 332 g/mol. The van der Waals surface area contributed by atoms with Crippen molar-refractivity contribution in [2.45, 2.75) is 25.2 Å². The van der Waals surface area contributed by atoms with E-state index in [0.29, 0.717) is 5.75 Å². The summed E-state index contributed by atoms with van der Waals surface area (Å²) in [6.45, 7) is -0.888. The molecule has 0 saturated carbocycles. The number of carbonyl (C=O) groups excluding carboxylic acids is 2. The van der Waals surface area contributed by atoms with Gasteiger partial charge < -0.3 is 10.1 Å². The van der Waals surface area contributed by atoms with Gasteiger partial charge in [0.05, 0.1) is 0 Å². The maximum absolute atomic E-state index is 12.0. The molecule has 0 aliphatic rings. The predicted molar refractivity (Wildman–Crippen MR) is 81.2 cm³/mol. The monoisotopic (exact) mass is 332 g/mol. The second-order valence-electron chi connectivity index (χ2n) is 4.34. The second kappa shape index (κ2) is 9.24. The third kappa shape index (κ3) is 6.75. The van der Waals surface area contributed by atoms with Crippen LogP contribution in [0.5, 0.6) is 5.75 Å². The Kier molecular flexibility index (Phi) is 7.65. The molecule has 0 aliphatic heterocycles. The summed E-state index contributed by atoms with van der Waals surface area (Å²) in [6.07, 6.45) is 0.217. The summed E-state index contributed by atoms with van der Waals surface area (Å²) in [6, 6.07) is 5.85. The fourth-order valence-electron chi connectivity index (χ4n) is 1.60. The molecule has 0 radical (unpaired) electrons. The van der Waals surface area contributed by atoms with Gasteiger partial charge in [0, 0.05) is 24.5 Å². The van der Waals surface area contributed by atoms with Crippen molar-refractivity contribution in [1.29, 1.82) is 0 Å². The number of halogens is 2. The summed E-state index contributed by atoms with van der Waals surface area (Å²) in [4.78, 5) is 22.3. The molecular formula is C14H18F2N2O3S. The van der Waals surface area contributed by atoms with Gasteiger partial charge in [-0.1, -0.05) is 12.1 Å².